The van der Waals surface area contributed by atoms with Gasteiger partial charge in [-0.1, -0.05) is 6.07 Å². The van der Waals surface area contributed by atoms with Gasteiger partial charge in [0.15, 0.2) is 0 Å². The molecule has 1 aromatic rings. The quantitative estimate of drug-likeness (QED) is 0.560. The lowest BCUT2D eigenvalue weighted by Gasteiger charge is -2.00. The van der Waals surface area contributed by atoms with Crippen LogP contribution < -0.4 is 0 Å². The zero-order valence-corrected chi connectivity index (χ0v) is 8.33. The Kier molecular flexibility index (Phi) is 2.63. The molecule has 0 aromatic heterocycles. The van der Waals surface area contributed by atoms with E-state index in [0.717, 1.165) is 0 Å². The van der Waals surface area contributed by atoms with E-state index in [2.05, 4.69) is 15.9 Å². The second-order valence-electron chi connectivity index (χ2n) is 2.46. The zero-order chi connectivity index (χ0) is 10.0. The maximum absolute atomic E-state index is 10.6. The lowest BCUT2D eigenvalue weighted by molar-refractivity contribution is -0.386. The van der Waals surface area contributed by atoms with Gasteiger partial charge in [0, 0.05) is 5.56 Å². The number of nitrogens with zero attached hydrogens (tertiary/aromatic N) is 2. The third-order valence-corrected chi connectivity index (χ3v) is 2.42. The van der Waals surface area contributed by atoms with Crippen LogP contribution in [0.3, 0.4) is 0 Å². The first-order valence-corrected chi connectivity index (χ1v) is 4.21. The van der Waals surface area contributed by atoms with Crippen molar-refractivity contribution in [2.45, 2.75) is 6.92 Å². The average Bonchev–Trinajstić information content (AvgIpc) is 2.04. The molecule has 0 aliphatic heterocycles. The molecule has 0 amide bonds. The molecular formula is C8H5BrN2O2. The fourth-order valence-electron chi connectivity index (χ4n) is 0.972. The van der Waals surface area contributed by atoms with E-state index in [4.69, 9.17) is 5.26 Å². The Morgan fingerprint density at radius 2 is 2.23 bits per heavy atom. The van der Waals surface area contributed by atoms with Crippen LogP contribution in [0.4, 0.5) is 5.69 Å². The van der Waals surface area contributed by atoms with Gasteiger partial charge in [-0.3, -0.25) is 10.1 Å². The predicted octanol–water partition coefficient (Wildman–Crippen LogP) is 2.54. The number of hydrogen-bond donors (Lipinski definition) is 0. The molecule has 0 aliphatic rings. The molecule has 0 N–H and O–H groups in total. The molecule has 0 bridgehead atoms. The predicted molar refractivity (Wildman–Crippen MR) is 50.2 cm³/mol. The summed E-state index contributed by atoms with van der Waals surface area (Å²) in [6, 6.07) is 4.97. The molecule has 0 atom stereocenters. The van der Waals surface area contributed by atoms with Crippen LogP contribution in [-0.4, -0.2) is 4.92 Å². The maximum Gasteiger partial charge on any atom is 0.287 e. The summed E-state index contributed by atoms with van der Waals surface area (Å²) in [6.07, 6.45) is 0. The summed E-state index contributed by atoms with van der Waals surface area (Å²) in [7, 11) is 0. The summed E-state index contributed by atoms with van der Waals surface area (Å²) < 4.78 is 0.250. The summed E-state index contributed by atoms with van der Waals surface area (Å²) in [6.45, 7) is 1.63. The minimum Gasteiger partial charge on any atom is -0.258 e. The van der Waals surface area contributed by atoms with Crippen LogP contribution in [0, 0.1) is 28.4 Å². The monoisotopic (exact) mass is 240 g/mol. The molecule has 0 radical (unpaired) electrons. The van der Waals surface area contributed by atoms with Gasteiger partial charge >= 0.3 is 0 Å². The van der Waals surface area contributed by atoms with Crippen LogP contribution >= 0.6 is 15.9 Å². The number of nitro benzene ring substituents is 1. The van der Waals surface area contributed by atoms with E-state index in [9.17, 15) is 10.1 Å². The van der Waals surface area contributed by atoms with Crippen molar-refractivity contribution < 1.29 is 4.92 Å². The minimum atomic E-state index is -0.500. The van der Waals surface area contributed by atoms with Crippen molar-refractivity contribution in [1.29, 1.82) is 5.26 Å². The van der Waals surface area contributed by atoms with Crippen LogP contribution in [0.2, 0.25) is 0 Å². The number of rotatable bonds is 1. The summed E-state index contributed by atoms with van der Waals surface area (Å²) in [4.78, 5) is 10.1. The number of benzene rings is 1. The molecule has 0 unspecified atom stereocenters. The summed E-state index contributed by atoms with van der Waals surface area (Å²) in [5.74, 6) is 0. The summed E-state index contributed by atoms with van der Waals surface area (Å²) in [5.41, 5.74) is 0.771. The molecule has 66 valence electrons. The van der Waals surface area contributed by atoms with Crippen molar-refractivity contribution in [3.63, 3.8) is 0 Å². The SMILES string of the molecule is Cc1ccc(C#N)c(Br)c1[N+](=O)[O-]. The zero-order valence-electron chi connectivity index (χ0n) is 6.74. The third kappa shape index (κ3) is 1.68. The van der Waals surface area contributed by atoms with Gasteiger partial charge in [0.05, 0.1) is 10.5 Å². The molecule has 0 spiro atoms. The number of halogens is 1. The maximum atomic E-state index is 10.6. The highest BCUT2D eigenvalue weighted by molar-refractivity contribution is 9.10. The second kappa shape index (κ2) is 3.54. The number of aryl methyl sites for hydroxylation is 1. The van der Waals surface area contributed by atoms with Gasteiger partial charge in [0.1, 0.15) is 10.5 Å². The third-order valence-electron chi connectivity index (χ3n) is 1.62. The van der Waals surface area contributed by atoms with E-state index in [1.165, 1.54) is 0 Å². The Bertz CT molecular complexity index is 409. The van der Waals surface area contributed by atoms with Crippen molar-refractivity contribution in [1.82, 2.24) is 0 Å². The van der Waals surface area contributed by atoms with E-state index in [1.807, 2.05) is 6.07 Å². The van der Waals surface area contributed by atoms with Crippen LogP contribution in [0.5, 0.6) is 0 Å². The number of hydrogen-bond acceptors (Lipinski definition) is 3. The molecule has 0 aliphatic carbocycles. The highest BCUT2D eigenvalue weighted by Crippen LogP contribution is 2.31. The lowest BCUT2D eigenvalue weighted by atomic mass is 10.1. The highest BCUT2D eigenvalue weighted by atomic mass is 79.9. The largest absolute Gasteiger partial charge is 0.287 e. The highest BCUT2D eigenvalue weighted by Gasteiger charge is 2.18. The van der Waals surface area contributed by atoms with Crippen LogP contribution in [-0.2, 0) is 0 Å². The molecule has 5 heteroatoms. The van der Waals surface area contributed by atoms with Gasteiger partial charge in [-0.25, -0.2) is 0 Å². The van der Waals surface area contributed by atoms with Gasteiger partial charge in [-0.15, -0.1) is 0 Å². The second-order valence-corrected chi connectivity index (χ2v) is 3.25. The Labute approximate surface area is 83.1 Å². The van der Waals surface area contributed by atoms with E-state index >= 15 is 0 Å². The lowest BCUT2D eigenvalue weighted by Crippen LogP contribution is -1.94. The van der Waals surface area contributed by atoms with E-state index < -0.39 is 4.92 Å². The number of nitro groups is 1. The molecule has 0 saturated heterocycles. The Morgan fingerprint density at radius 1 is 1.62 bits per heavy atom. The van der Waals surface area contributed by atoms with Crippen molar-refractivity contribution in [2.24, 2.45) is 0 Å². The van der Waals surface area contributed by atoms with Gasteiger partial charge in [0.25, 0.3) is 5.69 Å². The molecular weight excluding hydrogens is 236 g/mol. The molecule has 0 saturated carbocycles. The summed E-state index contributed by atoms with van der Waals surface area (Å²) >= 11 is 3.03. The molecule has 1 rings (SSSR count). The summed E-state index contributed by atoms with van der Waals surface area (Å²) in [5, 5.41) is 19.2. The topological polar surface area (TPSA) is 66.9 Å². The van der Waals surface area contributed by atoms with Crippen LogP contribution in [0.15, 0.2) is 16.6 Å². The molecule has 13 heavy (non-hydrogen) atoms. The fourth-order valence-corrected chi connectivity index (χ4v) is 1.65. The van der Waals surface area contributed by atoms with Crippen LogP contribution in [0.1, 0.15) is 11.1 Å². The molecule has 4 nitrogen and oxygen atoms in total. The average molecular weight is 241 g/mol. The van der Waals surface area contributed by atoms with Crippen molar-refractivity contribution in [2.75, 3.05) is 0 Å². The molecule has 0 fully saturated rings. The molecule has 0 heterocycles. The minimum absolute atomic E-state index is 0.0425. The molecule has 1 aromatic carbocycles. The van der Waals surface area contributed by atoms with Gasteiger partial charge in [-0.05, 0) is 28.9 Å². The Morgan fingerprint density at radius 3 is 2.69 bits per heavy atom. The first kappa shape index (κ1) is 9.68. The van der Waals surface area contributed by atoms with E-state index in [0.29, 0.717) is 5.56 Å². The van der Waals surface area contributed by atoms with E-state index in [-0.39, 0.29) is 15.7 Å². The van der Waals surface area contributed by atoms with Gasteiger partial charge < -0.3 is 0 Å². The van der Waals surface area contributed by atoms with Crippen molar-refractivity contribution in [3.8, 4) is 6.07 Å². The standard InChI is InChI=1S/C8H5BrN2O2/c1-5-2-3-6(4-10)7(9)8(5)11(12)13/h2-3H,1H3. The first-order chi connectivity index (χ1) is 6.07. The Balaban J connectivity index is 3.50. The van der Waals surface area contributed by atoms with Crippen LogP contribution in [0.25, 0.3) is 0 Å². The van der Waals surface area contributed by atoms with E-state index in [1.54, 1.807) is 19.1 Å². The van der Waals surface area contributed by atoms with Gasteiger partial charge in [0.2, 0.25) is 0 Å². The normalized spacial score (nSPS) is 9.31. The van der Waals surface area contributed by atoms with Gasteiger partial charge in [-0.2, -0.15) is 5.26 Å². The number of nitriles is 1. The Hall–Kier alpha value is -1.41. The smallest absolute Gasteiger partial charge is 0.258 e. The van der Waals surface area contributed by atoms with Crippen molar-refractivity contribution >= 4 is 21.6 Å². The first-order valence-electron chi connectivity index (χ1n) is 3.41. The van der Waals surface area contributed by atoms with Crippen molar-refractivity contribution in [3.05, 3.63) is 37.8 Å². The fraction of sp³-hybridized carbons (Fsp3) is 0.125.